The first-order valence-electron chi connectivity index (χ1n) is 3.70. The lowest BCUT2D eigenvalue weighted by molar-refractivity contribution is 0.100. The number of nitrogens with two attached hydrogens (primary N) is 1. The van der Waals surface area contributed by atoms with Crippen LogP contribution in [0.1, 0.15) is 15.9 Å². The highest BCUT2D eigenvalue weighted by Gasteiger charge is 1.98. The van der Waals surface area contributed by atoms with Gasteiger partial charge in [-0.05, 0) is 17.7 Å². The van der Waals surface area contributed by atoms with Crippen LogP contribution in [-0.4, -0.2) is 19.2 Å². The van der Waals surface area contributed by atoms with Gasteiger partial charge in [0.05, 0.1) is 6.21 Å². The van der Waals surface area contributed by atoms with Crippen LogP contribution in [0.5, 0.6) is 0 Å². The number of oxime groups is 1. The maximum absolute atomic E-state index is 10.8. The summed E-state index contributed by atoms with van der Waals surface area (Å²) in [5.41, 5.74) is 6.33. The van der Waals surface area contributed by atoms with Gasteiger partial charge in [-0.1, -0.05) is 17.3 Å². The Kier molecular flexibility index (Phi) is 3.03. The molecule has 0 heterocycles. The zero-order valence-electron chi connectivity index (χ0n) is 7.23. The molecule has 0 aliphatic rings. The molecule has 4 heteroatoms. The third kappa shape index (κ3) is 2.59. The highest BCUT2D eigenvalue weighted by molar-refractivity contribution is 5.94. The van der Waals surface area contributed by atoms with Crippen LogP contribution < -0.4 is 5.73 Å². The summed E-state index contributed by atoms with van der Waals surface area (Å²) in [5, 5.41) is 3.57. The van der Waals surface area contributed by atoms with E-state index in [-0.39, 0.29) is 0 Å². The number of amides is 1. The highest BCUT2D eigenvalue weighted by atomic mass is 16.6. The van der Waals surface area contributed by atoms with Gasteiger partial charge in [-0.25, -0.2) is 0 Å². The van der Waals surface area contributed by atoms with Crippen molar-refractivity contribution in [2.75, 3.05) is 7.11 Å². The predicted octanol–water partition coefficient (Wildman–Crippen LogP) is 0.766. The first-order valence-corrected chi connectivity index (χ1v) is 3.70. The van der Waals surface area contributed by atoms with Crippen LogP contribution in [-0.2, 0) is 4.84 Å². The van der Waals surface area contributed by atoms with Crippen molar-refractivity contribution >= 4 is 12.1 Å². The maximum atomic E-state index is 10.8. The van der Waals surface area contributed by atoms with Crippen LogP contribution in [0.2, 0.25) is 0 Å². The standard InChI is InChI=1S/C9H10N2O2/c1-13-11-6-7-3-2-4-8(5-7)9(10)12/h2-6H,1H3,(H2,10,12). The average Bonchev–Trinajstić information content (AvgIpc) is 2.15. The fourth-order valence-corrected chi connectivity index (χ4v) is 0.886. The summed E-state index contributed by atoms with van der Waals surface area (Å²) in [7, 11) is 1.45. The van der Waals surface area contributed by atoms with Gasteiger partial charge in [0, 0.05) is 5.56 Å². The van der Waals surface area contributed by atoms with E-state index in [1.165, 1.54) is 13.3 Å². The van der Waals surface area contributed by atoms with Crippen molar-refractivity contribution in [3.05, 3.63) is 35.4 Å². The molecule has 0 unspecified atom stereocenters. The van der Waals surface area contributed by atoms with Crippen molar-refractivity contribution in [1.29, 1.82) is 0 Å². The third-order valence-corrected chi connectivity index (χ3v) is 1.48. The minimum atomic E-state index is -0.451. The number of nitrogens with zero attached hydrogens (tertiary/aromatic N) is 1. The van der Waals surface area contributed by atoms with E-state index in [2.05, 4.69) is 9.99 Å². The lowest BCUT2D eigenvalue weighted by Crippen LogP contribution is -2.10. The number of carbonyl (C=O) groups is 1. The molecule has 0 atom stereocenters. The number of hydrogen-bond acceptors (Lipinski definition) is 3. The Bertz CT molecular complexity index is 334. The van der Waals surface area contributed by atoms with Gasteiger partial charge in [-0.3, -0.25) is 4.79 Å². The smallest absolute Gasteiger partial charge is 0.248 e. The molecule has 0 aliphatic heterocycles. The minimum absolute atomic E-state index is 0.451. The average molecular weight is 178 g/mol. The zero-order chi connectivity index (χ0) is 9.68. The van der Waals surface area contributed by atoms with E-state index < -0.39 is 5.91 Å². The fourth-order valence-electron chi connectivity index (χ4n) is 0.886. The molecule has 2 N–H and O–H groups in total. The summed E-state index contributed by atoms with van der Waals surface area (Å²) in [6.07, 6.45) is 1.51. The monoisotopic (exact) mass is 178 g/mol. The van der Waals surface area contributed by atoms with Crippen LogP contribution in [0.15, 0.2) is 29.4 Å². The highest BCUT2D eigenvalue weighted by Crippen LogP contribution is 2.02. The van der Waals surface area contributed by atoms with E-state index in [1.807, 2.05) is 0 Å². The van der Waals surface area contributed by atoms with Crippen LogP contribution in [0.3, 0.4) is 0 Å². The van der Waals surface area contributed by atoms with Crippen molar-refractivity contribution in [2.24, 2.45) is 10.9 Å². The number of hydrogen-bond donors (Lipinski definition) is 1. The molecule has 0 radical (unpaired) electrons. The van der Waals surface area contributed by atoms with Gasteiger partial charge in [0.25, 0.3) is 0 Å². The fraction of sp³-hybridized carbons (Fsp3) is 0.111. The quantitative estimate of drug-likeness (QED) is 0.548. The van der Waals surface area contributed by atoms with Gasteiger partial charge in [0.2, 0.25) is 5.91 Å². The normalized spacial score (nSPS) is 10.2. The maximum Gasteiger partial charge on any atom is 0.248 e. The molecule has 13 heavy (non-hydrogen) atoms. The Morgan fingerprint density at radius 2 is 2.38 bits per heavy atom. The summed E-state index contributed by atoms with van der Waals surface area (Å²) >= 11 is 0. The second kappa shape index (κ2) is 4.25. The minimum Gasteiger partial charge on any atom is -0.399 e. The van der Waals surface area contributed by atoms with E-state index in [4.69, 9.17) is 5.73 Å². The van der Waals surface area contributed by atoms with Gasteiger partial charge in [0.1, 0.15) is 7.11 Å². The molecule has 0 fully saturated rings. The van der Waals surface area contributed by atoms with Crippen LogP contribution >= 0.6 is 0 Å². The van der Waals surface area contributed by atoms with Crippen molar-refractivity contribution < 1.29 is 9.63 Å². The third-order valence-electron chi connectivity index (χ3n) is 1.48. The Morgan fingerprint density at radius 3 is 3.00 bits per heavy atom. The van der Waals surface area contributed by atoms with Gasteiger partial charge in [-0.15, -0.1) is 0 Å². The zero-order valence-corrected chi connectivity index (χ0v) is 7.23. The van der Waals surface area contributed by atoms with E-state index >= 15 is 0 Å². The first-order chi connectivity index (χ1) is 6.24. The SMILES string of the molecule is CON=Cc1cccc(C(N)=O)c1. The topological polar surface area (TPSA) is 64.7 Å². The van der Waals surface area contributed by atoms with E-state index in [0.29, 0.717) is 5.56 Å². The number of carbonyl (C=O) groups excluding carboxylic acids is 1. The van der Waals surface area contributed by atoms with Crippen molar-refractivity contribution in [3.63, 3.8) is 0 Å². The molecular formula is C9H10N2O2. The molecule has 0 saturated carbocycles. The number of rotatable bonds is 3. The molecule has 0 spiro atoms. The van der Waals surface area contributed by atoms with Crippen LogP contribution in [0.4, 0.5) is 0 Å². The summed E-state index contributed by atoms with van der Waals surface area (Å²) in [6.45, 7) is 0. The molecule has 0 bridgehead atoms. The molecule has 1 rings (SSSR count). The number of primary amides is 1. The molecule has 1 aromatic rings. The Morgan fingerprint density at radius 1 is 1.62 bits per heavy atom. The Balaban J connectivity index is 2.92. The van der Waals surface area contributed by atoms with Crippen molar-refractivity contribution in [2.45, 2.75) is 0 Å². The van der Waals surface area contributed by atoms with Crippen molar-refractivity contribution in [3.8, 4) is 0 Å². The lowest BCUT2D eigenvalue weighted by atomic mass is 10.1. The molecule has 0 aliphatic carbocycles. The first kappa shape index (κ1) is 9.25. The summed E-state index contributed by atoms with van der Waals surface area (Å²) in [6, 6.07) is 6.82. The Labute approximate surface area is 76.0 Å². The number of benzene rings is 1. The van der Waals surface area contributed by atoms with Crippen LogP contribution in [0, 0.1) is 0 Å². The molecule has 4 nitrogen and oxygen atoms in total. The van der Waals surface area contributed by atoms with Gasteiger partial charge < -0.3 is 10.6 Å². The molecule has 1 aromatic carbocycles. The van der Waals surface area contributed by atoms with Gasteiger partial charge in [0.15, 0.2) is 0 Å². The molecule has 0 saturated heterocycles. The lowest BCUT2D eigenvalue weighted by Gasteiger charge is -1.96. The van der Waals surface area contributed by atoms with E-state index in [1.54, 1.807) is 24.3 Å². The summed E-state index contributed by atoms with van der Waals surface area (Å²) < 4.78 is 0. The molecular weight excluding hydrogens is 168 g/mol. The van der Waals surface area contributed by atoms with E-state index in [9.17, 15) is 4.79 Å². The van der Waals surface area contributed by atoms with Gasteiger partial charge >= 0.3 is 0 Å². The summed E-state index contributed by atoms with van der Waals surface area (Å²) in [4.78, 5) is 15.3. The molecule has 1 amide bonds. The second-order valence-electron chi connectivity index (χ2n) is 2.41. The molecule has 68 valence electrons. The second-order valence-corrected chi connectivity index (χ2v) is 2.41. The van der Waals surface area contributed by atoms with Crippen LogP contribution in [0.25, 0.3) is 0 Å². The van der Waals surface area contributed by atoms with Crippen molar-refractivity contribution in [1.82, 2.24) is 0 Å². The summed E-state index contributed by atoms with van der Waals surface area (Å²) in [5.74, 6) is -0.451. The Hall–Kier alpha value is -1.84. The van der Waals surface area contributed by atoms with Gasteiger partial charge in [-0.2, -0.15) is 0 Å². The van der Waals surface area contributed by atoms with E-state index in [0.717, 1.165) is 5.56 Å². The largest absolute Gasteiger partial charge is 0.399 e. The molecule has 0 aromatic heterocycles. The predicted molar refractivity (Wildman–Crippen MR) is 49.6 cm³/mol.